The van der Waals surface area contributed by atoms with E-state index in [1.807, 2.05) is 25.1 Å². The van der Waals surface area contributed by atoms with Gasteiger partial charge in [-0.2, -0.15) is 5.10 Å². The number of amides is 1. The van der Waals surface area contributed by atoms with Crippen molar-refractivity contribution in [2.75, 3.05) is 12.4 Å². The van der Waals surface area contributed by atoms with Crippen molar-refractivity contribution >= 4 is 11.6 Å². The number of aryl methyl sites for hydroxylation is 1. The highest BCUT2D eigenvalue weighted by atomic mass is 16.5. The number of nitrogens with zero attached hydrogens (tertiary/aromatic N) is 3. The molecule has 1 aromatic carbocycles. The summed E-state index contributed by atoms with van der Waals surface area (Å²) >= 11 is 0. The Morgan fingerprint density at radius 1 is 1.22 bits per heavy atom. The smallest absolute Gasteiger partial charge is 0.267 e. The molecule has 3 rings (SSSR count). The first-order valence-corrected chi connectivity index (χ1v) is 8.45. The van der Waals surface area contributed by atoms with Crippen LogP contribution in [0, 0.1) is 6.92 Å². The molecule has 3 aromatic rings. The maximum atomic E-state index is 12.7. The molecule has 1 atom stereocenters. The largest absolute Gasteiger partial charge is 0.495 e. The fraction of sp³-hybridized carbons (Fsp3) is 0.200. The molecule has 0 aliphatic rings. The van der Waals surface area contributed by atoms with Gasteiger partial charge in [-0.1, -0.05) is 6.07 Å². The first-order valence-electron chi connectivity index (χ1n) is 8.45. The maximum Gasteiger partial charge on any atom is 0.267 e. The van der Waals surface area contributed by atoms with Crippen LogP contribution in [-0.4, -0.2) is 27.8 Å². The molecule has 2 aromatic heterocycles. The number of benzene rings is 1. The van der Waals surface area contributed by atoms with Crippen LogP contribution in [0.1, 0.15) is 18.5 Å². The Balaban J connectivity index is 1.89. The number of pyridine rings is 1. The van der Waals surface area contributed by atoms with Crippen LogP contribution in [-0.2, 0) is 4.79 Å². The number of carbonyl (C=O) groups excluding carboxylic acids is 1. The van der Waals surface area contributed by atoms with Gasteiger partial charge in [0.15, 0.2) is 0 Å². The Hall–Kier alpha value is -3.48. The molecular formula is C20H20N4O3. The first kappa shape index (κ1) is 18.3. The van der Waals surface area contributed by atoms with Crippen molar-refractivity contribution < 1.29 is 9.53 Å². The summed E-state index contributed by atoms with van der Waals surface area (Å²) in [6.45, 7) is 3.54. The molecule has 0 aliphatic carbocycles. The summed E-state index contributed by atoms with van der Waals surface area (Å²) < 4.78 is 6.45. The third-order valence-electron chi connectivity index (χ3n) is 4.14. The number of methoxy groups -OCH3 is 1. The molecule has 138 valence electrons. The number of anilines is 1. The van der Waals surface area contributed by atoms with Crippen molar-refractivity contribution in [3.63, 3.8) is 0 Å². The molecule has 0 bridgehead atoms. The van der Waals surface area contributed by atoms with E-state index in [-0.39, 0.29) is 11.5 Å². The number of hydrogen-bond acceptors (Lipinski definition) is 5. The first-order chi connectivity index (χ1) is 13.0. The SMILES string of the molecule is COc1ccc(C)cc1NC(=O)C(C)n1nc(-c2cccnc2)ccc1=O. The van der Waals surface area contributed by atoms with E-state index < -0.39 is 6.04 Å². The average Bonchev–Trinajstić information content (AvgIpc) is 2.68. The minimum atomic E-state index is -0.806. The Morgan fingerprint density at radius 2 is 2.04 bits per heavy atom. The second kappa shape index (κ2) is 7.82. The van der Waals surface area contributed by atoms with Crippen molar-refractivity contribution in [3.8, 4) is 17.0 Å². The number of aromatic nitrogens is 3. The van der Waals surface area contributed by atoms with Crippen LogP contribution in [0.3, 0.4) is 0 Å². The average molecular weight is 364 g/mol. The van der Waals surface area contributed by atoms with Gasteiger partial charge in [-0.3, -0.25) is 14.6 Å². The Bertz CT molecular complexity index is 1020. The highest BCUT2D eigenvalue weighted by molar-refractivity contribution is 5.94. The molecule has 7 heteroatoms. The van der Waals surface area contributed by atoms with Crippen molar-refractivity contribution in [3.05, 3.63) is 70.8 Å². The summed E-state index contributed by atoms with van der Waals surface area (Å²) in [5.41, 5.74) is 2.50. The molecule has 1 amide bonds. The van der Waals surface area contributed by atoms with Crippen molar-refractivity contribution in [2.45, 2.75) is 19.9 Å². The molecule has 1 unspecified atom stereocenters. The number of nitrogens with one attached hydrogen (secondary N) is 1. The molecule has 0 fully saturated rings. The van der Waals surface area contributed by atoms with Gasteiger partial charge >= 0.3 is 0 Å². The molecular weight excluding hydrogens is 344 g/mol. The zero-order valence-corrected chi connectivity index (χ0v) is 15.3. The monoisotopic (exact) mass is 364 g/mol. The van der Waals surface area contributed by atoms with E-state index in [4.69, 9.17) is 4.74 Å². The van der Waals surface area contributed by atoms with Gasteiger partial charge in [0, 0.05) is 24.0 Å². The lowest BCUT2D eigenvalue weighted by Crippen LogP contribution is -2.33. The summed E-state index contributed by atoms with van der Waals surface area (Å²) in [5, 5.41) is 7.15. The molecule has 1 N–H and O–H groups in total. The van der Waals surface area contributed by atoms with Gasteiger partial charge in [-0.15, -0.1) is 0 Å². The lowest BCUT2D eigenvalue weighted by molar-refractivity contribution is -0.119. The van der Waals surface area contributed by atoms with E-state index >= 15 is 0 Å². The van der Waals surface area contributed by atoms with Crippen molar-refractivity contribution in [1.29, 1.82) is 0 Å². The van der Waals surface area contributed by atoms with Crippen LogP contribution in [0.25, 0.3) is 11.3 Å². The Kier molecular flexibility index (Phi) is 5.30. The van der Waals surface area contributed by atoms with Crippen LogP contribution < -0.4 is 15.6 Å². The van der Waals surface area contributed by atoms with Gasteiger partial charge in [0.25, 0.3) is 5.56 Å². The van der Waals surface area contributed by atoms with Gasteiger partial charge in [-0.05, 0) is 49.7 Å². The lowest BCUT2D eigenvalue weighted by Gasteiger charge is -2.16. The predicted octanol–water partition coefficient (Wildman–Crippen LogP) is 2.82. The van der Waals surface area contributed by atoms with Gasteiger partial charge in [0.2, 0.25) is 5.91 Å². The summed E-state index contributed by atoms with van der Waals surface area (Å²) in [6, 6.07) is 11.3. The van der Waals surface area contributed by atoms with Crippen molar-refractivity contribution in [2.24, 2.45) is 0 Å². The molecule has 0 spiro atoms. The minimum absolute atomic E-state index is 0.360. The van der Waals surface area contributed by atoms with E-state index in [2.05, 4.69) is 15.4 Å². The standard InChI is InChI=1S/C20H20N4O3/c1-13-6-8-18(27-3)17(11-13)22-20(26)14(2)24-19(25)9-7-16(23-24)15-5-4-10-21-12-15/h4-12,14H,1-3H3,(H,22,26). The van der Waals surface area contributed by atoms with Crippen LogP contribution in [0.2, 0.25) is 0 Å². The van der Waals surface area contributed by atoms with E-state index in [0.717, 1.165) is 11.1 Å². The van der Waals surface area contributed by atoms with Gasteiger partial charge in [0.05, 0.1) is 18.5 Å². The number of hydrogen-bond donors (Lipinski definition) is 1. The lowest BCUT2D eigenvalue weighted by atomic mass is 10.2. The van der Waals surface area contributed by atoms with Crippen LogP contribution >= 0.6 is 0 Å². The highest BCUT2D eigenvalue weighted by Crippen LogP contribution is 2.26. The zero-order valence-electron chi connectivity index (χ0n) is 15.3. The minimum Gasteiger partial charge on any atom is -0.495 e. The predicted molar refractivity (Wildman–Crippen MR) is 103 cm³/mol. The maximum absolute atomic E-state index is 12.7. The third-order valence-corrected chi connectivity index (χ3v) is 4.14. The number of rotatable bonds is 5. The summed E-state index contributed by atoms with van der Waals surface area (Å²) in [5.74, 6) is 0.183. The van der Waals surface area contributed by atoms with Crippen LogP contribution in [0.15, 0.2) is 59.7 Å². The Morgan fingerprint density at radius 3 is 2.74 bits per heavy atom. The highest BCUT2D eigenvalue weighted by Gasteiger charge is 2.19. The Labute approximate surface area is 156 Å². The second-order valence-corrected chi connectivity index (χ2v) is 6.11. The van der Waals surface area contributed by atoms with E-state index in [9.17, 15) is 9.59 Å². The van der Waals surface area contributed by atoms with Gasteiger partial charge in [0.1, 0.15) is 11.8 Å². The van der Waals surface area contributed by atoms with Crippen LogP contribution in [0.4, 0.5) is 5.69 Å². The third kappa shape index (κ3) is 4.03. The van der Waals surface area contributed by atoms with Gasteiger partial charge < -0.3 is 10.1 Å². The quantitative estimate of drug-likeness (QED) is 0.752. The topological polar surface area (TPSA) is 86.1 Å². The molecule has 2 heterocycles. The molecule has 7 nitrogen and oxygen atoms in total. The van der Waals surface area contributed by atoms with E-state index in [1.165, 1.54) is 17.9 Å². The molecule has 0 saturated carbocycles. The number of ether oxygens (including phenoxy) is 1. The van der Waals surface area contributed by atoms with Crippen LogP contribution in [0.5, 0.6) is 5.75 Å². The zero-order chi connectivity index (χ0) is 19.4. The normalized spacial score (nSPS) is 11.7. The van der Waals surface area contributed by atoms with Crippen molar-refractivity contribution in [1.82, 2.24) is 14.8 Å². The fourth-order valence-electron chi connectivity index (χ4n) is 2.64. The number of carbonyl (C=O) groups is 1. The van der Waals surface area contributed by atoms with E-state index in [1.54, 1.807) is 37.5 Å². The second-order valence-electron chi connectivity index (χ2n) is 6.11. The fourth-order valence-corrected chi connectivity index (χ4v) is 2.64. The summed E-state index contributed by atoms with van der Waals surface area (Å²) in [4.78, 5) is 29.0. The molecule has 0 radical (unpaired) electrons. The molecule has 0 saturated heterocycles. The summed E-state index contributed by atoms with van der Waals surface area (Å²) in [6.07, 6.45) is 3.31. The van der Waals surface area contributed by atoms with Gasteiger partial charge in [-0.25, -0.2) is 4.68 Å². The molecule has 27 heavy (non-hydrogen) atoms. The van der Waals surface area contributed by atoms with E-state index in [0.29, 0.717) is 17.1 Å². The summed E-state index contributed by atoms with van der Waals surface area (Å²) in [7, 11) is 1.53. The molecule has 0 aliphatic heterocycles.